The molecule has 0 aromatic carbocycles. The number of nitrogens with zero attached hydrogens (tertiary/aromatic N) is 2. The molecule has 0 radical (unpaired) electrons. The van der Waals surface area contributed by atoms with Gasteiger partial charge in [-0.1, -0.05) is 6.92 Å². The fourth-order valence-electron chi connectivity index (χ4n) is 2.05. The molecule has 1 amide bonds. The number of nitrogens with one attached hydrogen (secondary N) is 2. The van der Waals surface area contributed by atoms with Gasteiger partial charge in [-0.15, -0.1) is 24.0 Å². The lowest BCUT2D eigenvalue weighted by molar-refractivity contribution is -0.127. The van der Waals surface area contributed by atoms with Crippen LogP contribution in [0.4, 0.5) is 0 Å². The Labute approximate surface area is 150 Å². The second-order valence-electron chi connectivity index (χ2n) is 5.03. The van der Waals surface area contributed by atoms with E-state index in [1.165, 1.54) is 0 Å². The summed E-state index contributed by atoms with van der Waals surface area (Å²) in [5.41, 5.74) is 0. The lowest BCUT2D eigenvalue weighted by Crippen LogP contribution is -2.39. The molecular weight excluding hydrogens is 399 g/mol. The van der Waals surface area contributed by atoms with E-state index in [-0.39, 0.29) is 24.0 Å². The second kappa shape index (κ2) is 12.4. The molecule has 0 bridgehead atoms. The highest BCUT2D eigenvalue weighted by Gasteiger charge is 2.18. The van der Waals surface area contributed by atoms with Gasteiger partial charge >= 0.3 is 0 Å². The normalized spacial score (nSPS) is 16.6. The van der Waals surface area contributed by atoms with E-state index in [2.05, 4.69) is 35.7 Å². The van der Waals surface area contributed by atoms with Crippen molar-refractivity contribution in [2.75, 3.05) is 39.0 Å². The molecule has 1 atom stereocenters. The number of thioether (sulfide) groups is 1. The lowest BCUT2D eigenvalue weighted by Gasteiger charge is -2.16. The zero-order valence-electron chi connectivity index (χ0n) is 13.4. The Hall–Kier alpha value is -0.180. The van der Waals surface area contributed by atoms with Crippen LogP contribution in [0.3, 0.4) is 0 Å². The molecule has 0 spiro atoms. The maximum absolute atomic E-state index is 11.5. The predicted molar refractivity (Wildman–Crippen MR) is 103 cm³/mol. The first kappa shape index (κ1) is 20.8. The standard InChI is InChI=1S/C14H28N4OS.HI/c1-4-15-14(17-11-12(2)20-3)16-8-6-10-18-9-5-7-13(18)19;/h12H,4-11H2,1-3H3,(H2,15,16,17);1H. The summed E-state index contributed by atoms with van der Waals surface area (Å²) in [6.45, 7) is 8.56. The Morgan fingerprint density at radius 3 is 2.81 bits per heavy atom. The van der Waals surface area contributed by atoms with Gasteiger partial charge in [-0.3, -0.25) is 9.79 Å². The van der Waals surface area contributed by atoms with E-state index in [0.29, 0.717) is 11.2 Å². The molecule has 1 rings (SSSR count). The van der Waals surface area contributed by atoms with Crippen molar-refractivity contribution in [1.82, 2.24) is 15.5 Å². The van der Waals surface area contributed by atoms with Crippen LogP contribution in [0.5, 0.6) is 0 Å². The quantitative estimate of drug-likeness (QED) is 0.269. The second-order valence-corrected chi connectivity index (χ2v) is 6.31. The first-order valence-corrected chi connectivity index (χ1v) is 8.79. The molecule has 5 nitrogen and oxygen atoms in total. The predicted octanol–water partition coefficient (Wildman–Crippen LogP) is 1.92. The third kappa shape index (κ3) is 8.75. The SMILES string of the molecule is CCNC(=NCC(C)SC)NCCCN1CCCC1=O.I. The van der Waals surface area contributed by atoms with E-state index >= 15 is 0 Å². The van der Waals surface area contributed by atoms with Crippen LogP contribution in [0.2, 0.25) is 0 Å². The summed E-state index contributed by atoms with van der Waals surface area (Å²) in [4.78, 5) is 18.0. The number of guanidine groups is 1. The Morgan fingerprint density at radius 2 is 2.24 bits per heavy atom. The average molecular weight is 428 g/mol. The maximum Gasteiger partial charge on any atom is 0.222 e. The van der Waals surface area contributed by atoms with Crippen molar-refractivity contribution < 1.29 is 4.79 Å². The minimum Gasteiger partial charge on any atom is -0.357 e. The fraction of sp³-hybridized carbons (Fsp3) is 0.857. The molecule has 124 valence electrons. The molecule has 0 aromatic rings. The lowest BCUT2D eigenvalue weighted by atomic mass is 10.4. The van der Waals surface area contributed by atoms with Crippen molar-refractivity contribution in [3.05, 3.63) is 0 Å². The Morgan fingerprint density at radius 1 is 1.48 bits per heavy atom. The monoisotopic (exact) mass is 428 g/mol. The highest BCUT2D eigenvalue weighted by atomic mass is 127. The molecule has 0 aromatic heterocycles. The molecule has 1 fully saturated rings. The highest BCUT2D eigenvalue weighted by Crippen LogP contribution is 2.09. The van der Waals surface area contributed by atoms with Crippen LogP contribution in [0.25, 0.3) is 0 Å². The van der Waals surface area contributed by atoms with Gasteiger partial charge in [0.1, 0.15) is 0 Å². The van der Waals surface area contributed by atoms with E-state index < -0.39 is 0 Å². The van der Waals surface area contributed by atoms with Crippen LogP contribution in [0.15, 0.2) is 4.99 Å². The van der Waals surface area contributed by atoms with Crippen LogP contribution in [0, 0.1) is 0 Å². The van der Waals surface area contributed by atoms with Crippen LogP contribution < -0.4 is 10.6 Å². The summed E-state index contributed by atoms with van der Waals surface area (Å²) in [7, 11) is 0. The van der Waals surface area contributed by atoms with E-state index in [1.807, 2.05) is 16.7 Å². The Kier molecular flexibility index (Phi) is 12.3. The minimum atomic E-state index is 0. The smallest absolute Gasteiger partial charge is 0.222 e. The molecule has 1 saturated heterocycles. The van der Waals surface area contributed by atoms with Crippen LogP contribution in [0.1, 0.15) is 33.1 Å². The molecule has 7 heteroatoms. The van der Waals surface area contributed by atoms with Crippen LogP contribution in [-0.2, 0) is 4.79 Å². The molecule has 0 aliphatic carbocycles. The first-order chi connectivity index (χ1) is 9.67. The molecular formula is C14H29IN4OS. The first-order valence-electron chi connectivity index (χ1n) is 7.50. The van der Waals surface area contributed by atoms with Crippen LogP contribution in [-0.4, -0.2) is 61.0 Å². The number of hydrogen-bond acceptors (Lipinski definition) is 3. The summed E-state index contributed by atoms with van der Waals surface area (Å²) in [6.07, 6.45) is 4.81. The third-order valence-corrected chi connectivity index (χ3v) is 4.28. The molecule has 0 saturated carbocycles. The average Bonchev–Trinajstić information content (AvgIpc) is 2.85. The number of likely N-dealkylation sites (tertiary alicyclic amines) is 1. The van der Waals surface area contributed by atoms with Gasteiger partial charge in [0, 0.05) is 37.8 Å². The van der Waals surface area contributed by atoms with Crippen molar-refractivity contribution in [2.45, 2.75) is 38.4 Å². The number of amides is 1. The van der Waals surface area contributed by atoms with E-state index in [1.54, 1.807) is 0 Å². The number of halogens is 1. The van der Waals surface area contributed by atoms with Crippen molar-refractivity contribution >= 4 is 47.6 Å². The van der Waals surface area contributed by atoms with Gasteiger partial charge in [0.2, 0.25) is 5.91 Å². The topological polar surface area (TPSA) is 56.7 Å². The van der Waals surface area contributed by atoms with Gasteiger partial charge in [0.05, 0.1) is 6.54 Å². The Bertz CT molecular complexity index is 328. The van der Waals surface area contributed by atoms with Gasteiger partial charge < -0.3 is 15.5 Å². The van der Waals surface area contributed by atoms with E-state index in [0.717, 1.165) is 57.9 Å². The number of rotatable bonds is 8. The van der Waals surface area contributed by atoms with Crippen molar-refractivity contribution in [3.8, 4) is 0 Å². The molecule has 21 heavy (non-hydrogen) atoms. The number of aliphatic imine (C=N–C) groups is 1. The molecule has 1 heterocycles. The molecule has 1 aliphatic heterocycles. The number of carbonyl (C=O) groups is 1. The van der Waals surface area contributed by atoms with Crippen molar-refractivity contribution in [2.24, 2.45) is 4.99 Å². The molecule has 1 aliphatic rings. The summed E-state index contributed by atoms with van der Waals surface area (Å²) >= 11 is 1.82. The Balaban J connectivity index is 0.00000400. The summed E-state index contributed by atoms with van der Waals surface area (Å²) in [5, 5.41) is 7.11. The van der Waals surface area contributed by atoms with Crippen LogP contribution >= 0.6 is 35.7 Å². The number of hydrogen-bond donors (Lipinski definition) is 2. The maximum atomic E-state index is 11.5. The minimum absolute atomic E-state index is 0. The van der Waals surface area contributed by atoms with E-state index in [9.17, 15) is 4.79 Å². The summed E-state index contributed by atoms with van der Waals surface area (Å²) < 4.78 is 0. The van der Waals surface area contributed by atoms with Gasteiger partial charge in [-0.25, -0.2) is 0 Å². The zero-order valence-corrected chi connectivity index (χ0v) is 16.5. The summed E-state index contributed by atoms with van der Waals surface area (Å²) in [6, 6.07) is 0. The van der Waals surface area contributed by atoms with Gasteiger partial charge in [0.25, 0.3) is 0 Å². The highest BCUT2D eigenvalue weighted by molar-refractivity contribution is 14.0. The van der Waals surface area contributed by atoms with Gasteiger partial charge in [-0.2, -0.15) is 11.8 Å². The van der Waals surface area contributed by atoms with Crippen molar-refractivity contribution in [1.29, 1.82) is 0 Å². The fourth-order valence-corrected chi connectivity index (χ4v) is 2.28. The summed E-state index contributed by atoms with van der Waals surface area (Å²) in [5.74, 6) is 1.18. The molecule has 1 unspecified atom stereocenters. The third-order valence-electron chi connectivity index (χ3n) is 3.32. The van der Waals surface area contributed by atoms with E-state index in [4.69, 9.17) is 0 Å². The van der Waals surface area contributed by atoms with Crippen molar-refractivity contribution in [3.63, 3.8) is 0 Å². The largest absolute Gasteiger partial charge is 0.357 e. The van der Waals surface area contributed by atoms with Gasteiger partial charge in [0.15, 0.2) is 5.96 Å². The zero-order chi connectivity index (χ0) is 14.8. The molecule has 2 N–H and O–H groups in total. The number of carbonyl (C=O) groups excluding carboxylic acids is 1. The van der Waals surface area contributed by atoms with Gasteiger partial charge in [-0.05, 0) is 26.0 Å².